The summed E-state index contributed by atoms with van der Waals surface area (Å²) >= 11 is 0. The zero-order chi connectivity index (χ0) is 9.84. The molecule has 0 atom stereocenters. The maximum Gasteiger partial charge on any atom is 0.270 e. The van der Waals surface area contributed by atoms with Crippen molar-refractivity contribution in [1.82, 2.24) is 9.78 Å². The Morgan fingerprint density at radius 3 is 2.77 bits per heavy atom. The standard InChI is InChI=1S/C10H14N2O/c1-4-5-6-10(13)12-9(3)7-8(2)11-12/h5-7H,4H2,1-3H3/b6-5+. The first kappa shape index (κ1) is 9.71. The van der Waals surface area contributed by atoms with E-state index in [0.29, 0.717) is 0 Å². The van der Waals surface area contributed by atoms with E-state index in [4.69, 9.17) is 0 Å². The molecule has 0 aliphatic rings. The van der Waals surface area contributed by atoms with Gasteiger partial charge in [0, 0.05) is 11.8 Å². The highest BCUT2D eigenvalue weighted by Gasteiger charge is 2.05. The molecule has 3 heteroatoms. The van der Waals surface area contributed by atoms with Crippen LogP contribution in [0.3, 0.4) is 0 Å². The van der Waals surface area contributed by atoms with E-state index in [2.05, 4.69) is 5.10 Å². The van der Waals surface area contributed by atoms with Crippen molar-refractivity contribution in [2.24, 2.45) is 0 Å². The lowest BCUT2D eigenvalue weighted by Gasteiger charge is -1.96. The number of nitrogens with zero attached hydrogens (tertiary/aromatic N) is 2. The Hall–Kier alpha value is -1.38. The molecule has 13 heavy (non-hydrogen) atoms. The minimum absolute atomic E-state index is 0.0764. The molecule has 0 amide bonds. The zero-order valence-corrected chi connectivity index (χ0v) is 8.24. The van der Waals surface area contributed by atoms with E-state index in [1.54, 1.807) is 6.08 Å². The summed E-state index contributed by atoms with van der Waals surface area (Å²) < 4.78 is 1.42. The average Bonchev–Trinajstić information content (AvgIpc) is 2.41. The molecule has 3 nitrogen and oxygen atoms in total. The van der Waals surface area contributed by atoms with Crippen LogP contribution in [-0.2, 0) is 0 Å². The van der Waals surface area contributed by atoms with Crippen LogP contribution >= 0.6 is 0 Å². The lowest BCUT2D eigenvalue weighted by atomic mass is 10.4. The lowest BCUT2D eigenvalue weighted by Crippen LogP contribution is -2.10. The van der Waals surface area contributed by atoms with Crippen LogP contribution in [-0.4, -0.2) is 15.7 Å². The van der Waals surface area contributed by atoms with Gasteiger partial charge < -0.3 is 0 Å². The molecule has 70 valence electrons. The van der Waals surface area contributed by atoms with E-state index in [0.717, 1.165) is 17.8 Å². The molecule has 0 unspecified atom stereocenters. The molecule has 0 radical (unpaired) electrons. The summed E-state index contributed by atoms with van der Waals surface area (Å²) in [6.07, 6.45) is 4.25. The summed E-state index contributed by atoms with van der Waals surface area (Å²) in [6.45, 7) is 5.74. The summed E-state index contributed by atoms with van der Waals surface area (Å²) in [7, 11) is 0. The molecule has 0 aromatic carbocycles. The van der Waals surface area contributed by atoms with Crippen molar-refractivity contribution in [3.63, 3.8) is 0 Å². The number of hydrogen-bond donors (Lipinski definition) is 0. The number of carbonyl (C=O) groups excluding carboxylic acids is 1. The highest BCUT2D eigenvalue weighted by atomic mass is 16.2. The third kappa shape index (κ3) is 2.28. The van der Waals surface area contributed by atoms with E-state index >= 15 is 0 Å². The predicted molar refractivity (Wildman–Crippen MR) is 51.8 cm³/mol. The number of aromatic nitrogens is 2. The highest BCUT2D eigenvalue weighted by Crippen LogP contribution is 2.01. The number of hydrogen-bond acceptors (Lipinski definition) is 2. The Kier molecular flexibility index (Phi) is 3.01. The molecule has 0 aliphatic carbocycles. The van der Waals surface area contributed by atoms with Gasteiger partial charge in [0.15, 0.2) is 0 Å². The van der Waals surface area contributed by atoms with Crippen LogP contribution in [0.25, 0.3) is 0 Å². The smallest absolute Gasteiger partial charge is 0.267 e. The average molecular weight is 178 g/mol. The van der Waals surface area contributed by atoms with Crippen LogP contribution in [0.1, 0.15) is 29.5 Å². The molecule has 1 rings (SSSR count). The van der Waals surface area contributed by atoms with Gasteiger partial charge in [0.25, 0.3) is 5.91 Å². The molecular weight excluding hydrogens is 164 g/mol. The summed E-state index contributed by atoms with van der Waals surface area (Å²) in [5.41, 5.74) is 1.75. The van der Waals surface area contributed by atoms with E-state index in [1.807, 2.05) is 32.9 Å². The Bertz CT molecular complexity index is 337. The number of allylic oxidation sites excluding steroid dienone is 2. The van der Waals surface area contributed by atoms with Crippen molar-refractivity contribution in [3.8, 4) is 0 Å². The van der Waals surface area contributed by atoms with Gasteiger partial charge in [-0.1, -0.05) is 13.0 Å². The Morgan fingerprint density at radius 2 is 2.31 bits per heavy atom. The van der Waals surface area contributed by atoms with Crippen molar-refractivity contribution < 1.29 is 4.79 Å². The van der Waals surface area contributed by atoms with Crippen LogP contribution in [0.2, 0.25) is 0 Å². The van der Waals surface area contributed by atoms with Gasteiger partial charge in [-0.05, 0) is 26.3 Å². The lowest BCUT2D eigenvalue weighted by molar-refractivity contribution is 0.0951. The van der Waals surface area contributed by atoms with Gasteiger partial charge in [0.2, 0.25) is 0 Å². The van der Waals surface area contributed by atoms with Crippen molar-refractivity contribution in [2.75, 3.05) is 0 Å². The fourth-order valence-corrected chi connectivity index (χ4v) is 1.14. The van der Waals surface area contributed by atoms with Crippen molar-refractivity contribution in [2.45, 2.75) is 27.2 Å². The minimum atomic E-state index is -0.0764. The van der Waals surface area contributed by atoms with Gasteiger partial charge in [0.05, 0.1) is 5.69 Å². The van der Waals surface area contributed by atoms with Gasteiger partial charge in [-0.3, -0.25) is 4.79 Å². The van der Waals surface area contributed by atoms with Gasteiger partial charge in [-0.2, -0.15) is 5.10 Å². The summed E-state index contributed by atoms with van der Waals surface area (Å²) in [5, 5.41) is 4.08. The molecule has 1 heterocycles. The summed E-state index contributed by atoms with van der Waals surface area (Å²) in [5.74, 6) is -0.0764. The zero-order valence-electron chi connectivity index (χ0n) is 8.24. The SMILES string of the molecule is CC/C=C/C(=O)n1nc(C)cc1C. The second kappa shape index (κ2) is 4.03. The van der Waals surface area contributed by atoms with Crippen molar-refractivity contribution >= 4 is 5.91 Å². The first-order valence-corrected chi connectivity index (χ1v) is 4.39. The molecule has 0 bridgehead atoms. The normalized spacial score (nSPS) is 11.0. The summed E-state index contributed by atoms with van der Waals surface area (Å²) in [6, 6.07) is 1.89. The second-order valence-electron chi connectivity index (χ2n) is 2.99. The van der Waals surface area contributed by atoms with E-state index in [9.17, 15) is 4.79 Å². The number of aryl methyl sites for hydroxylation is 2. The number of rotatable bonds is 2. The summed E-state index contributed by atoms with van der Waals surface area (Å²) in [4.78, 5) is 11.5. The molecular formula is C10H14N2O. The Balaban J connectivity index is 2.88. The topological polar surface area (TPSA) is 34.9 Å². The fourth-order valence-electron chi connectivity index (χ4n) is 1.14. The largest absolute Gasteiger partial charge is 0.270 e. The van der Waals surface area contributed by atoms with E-state index in [-0.39, 0.29) is 5.91 Å². The van der Waals surface area contributed by atoms with Gasteiger partial charge >= 0.3 is 0 Å². The molecule has 0 fully saturated rings. The maximum absolute atomic E-state index is 11.5. The molecule has 0 aliphatic heterocycles. The molecule has 0 saturated heterocycles. The van der Waals surface area contributed by atoms with Crippen molar-refractivity contribution in [3.05, 3.63) is 29.6 Å². The first-order valence-electron chi connectivity index (χ1n) is 4.39. The molecule has 1 aromatic rings. The van der Waals surface area contributed by atoms with Crippen LogP contribution in [0.5, 0.6) is 0 Å². The highest BCUT2D eigenvalue weighted by molar-refractivity contribution is 5.89. The van der Waals surface area contributed by atoms with Gasteiger partial charge in [0.1, 0.15) is 0 Å². The van der Waals surface area contributed by atoms with E-state index < -0.39 is 0 Å². The van der Waals surface area contributed by atoms with Gasteiger partial charge in [-0.25, -0.2) is 4.68 Å². The minimum Gasteiger partial charge on any atom is -0.267 e. The van der Waals surface area contributed by atoms with Crippen LogP contribution in [0.15, 0.2) is 18.2 Å². The molecule has 0 N–H and O–H groups in total. The third-order valence-electron chi connectivity index (χ3n) is 1.71. The number of carbonyl (C=O) groups is 1. The molecule has 0 spiro atoms. The second-order valence-corrected chi connectivity index (χ2v) is 2.99. The first-order chi connectivity index (χ1) is 6.15. The molecule has 0 saturated carbocycles. The quantitative estimate of drug-likeness (QED) is 0.650. The van der Waals surface area contributed by atoms with Crippen molar-refractivity contribution in [1.29, 1.82) is 0 Å². The Labute approximate surface area is 78.1 Å². The monoisotopic (exact) mass is 178 g/mol. The van der Waals surface area contributed by atoms with Crippen LogP contribution < -0.4 is 0 Å². The fraction of sp³-hybridized carbons (Fsp3) is 0.400. The van der Waals surface area contributed by atoms with Crippen LogP contribution in [0.4, 0.5) is 0 Å². The van der Waals surface area contributed by atoms with Crippen LogP contribution in [0, 0.1) is 13.8 Å². The maximum atomic E-state index is 11.5. The predicted octanol–water partition coefficient (Wildman–Crippen LogP) is 2.11. The van der Waals surface area contributed by atoms with E-state index in [1.165, 1.54) is 4.68 Å². The van der Waals surface area contributed by atoms with Gasteiger partial charge in [-0.15, -0.1) is 0 Å². The third-order valence-corrected chi connectivity index (χ3v) is 1.71. The Morgan fingerprint density at radius 1 is 1.62 bits per heavy atom. The molecule has 1 aromatic heterocycles.